The highest BCUT2D eigenvalue weighted by atomic mass is 79.9. The second-order valence-electron chi connectivity index (χ2n) is 8.74. The lowest BCUT2D eigenvalue weighted by molar-refractivity contribution is -0.143. The van der Waals surface area contributed by atoms with Crippen LogP contribution in [0.15, 0.2) is 77.3 Å². The van der Waals surface area contributed by atoms with Crippen molar-refractivity contribution >= 4 is 39.3 Å². The molecule has 0 saturated carbocycles. The van der Waals surface area contributed by atoms with Crippen molar-refractivity contribution in [2.24, 2.45) is 0 Å². The van der Waals surface area contributed by atoms with Crippen LogP contribution in [0.2, 0.25) is 5.02 Å². The molecule has 0 aliphatic carbocycles. The zero-order chi connectivity index (χ0) is 25.4. The fraction of sp³-hybridized carbons (Fsp3) is 0.286. The number of nitrogens with zero attached hydrogens (tertiary/aromatic N) is 1. The quantitative estimate of drug-likeness (QED) is 0.335. The van der Waals surface area contributed by atoms with Crippen molar-refractivity contribution in [1.29, 1.82) is 0 Å². The van der Waals surface area contributed by atoms with Crippen LogP contribution >= 0.6 is 27.5 Å². The summed E-state index contributed by atoms with van der Waals surface area (Å²) in [6.45, 7) is 5.85. The van der Waals surface area contributed by atoms with Gasteiger partial charge in [0.05, 0.1) is 5.02 Å². The van der Waals surface area contributed by atoms with Crippen molar-refractivity contribution in [3.05, 3.63) is 99.0 Å². The molecule has 0 heterocycles. The normalized spacial score (nSPS) is 11.7. The number of rotatable bonds is 10. The first-order valence-electron chi connectivity index (χ1n) is 11.5. The summed E-state index contributed by atoms with van der Waals surface area (Å²) in [5, 5.41) is 3.38. The minimum Gasteiger partial charge on any atom is -0.482 e. The van der Waals surface area contributed by atoms with Gasteiger partial charge in [-0.3, -0.25) is 9.59 Å². The summed E-state index contributed by atoms with van der Waals surface area (Å²) < 4.78 is 6.60. The molecular formula is C28H30BrClN2O3. The number of hydrogen-bond donors (Lipinski definition) is 1. The van der Waals surface area contributed by atoms with Crippen molar-refractivity contribution in [2.75, 3.05) is 6.61 Å². The number of ether oxygens (including phenoxy) is 1. The van der Waals surface area contributed by atoms with Gasteiger partial charge >= 0.3 is 0 Å². The summed E-state index contributed by atoms with van der Waals surface area (Å²) >= 11 is 9.64. The van der Waals surface area contributed by atoms with E-state index in [0.717, 1.165) is 21.2 Å². The Hall–Kier alpha value is -2.83. The second-order valence-corrected chi connectivity index (χ2v) is 10.1. The molecule has 5 nitrogen and oxygen atoms in total. The molecule has 0 fully saturated rings. The van der Waals surface area contributed by atoms with Gasteiger partial charge in [-0.2, -0.15) is 0 Å². The highest BCUT2D eigenvalue weighted by Gasteiger charge is 2.31. The van der Waals surface area contributed by atoms with Crippen molar-refractivity contribution in [1.82, 2.24) is 10.2 Å². The summed E-state index contributed by atoms with van der Waals surface area (Å²) in [6.07, 6.45) is 0.385. The van der Waals surface area contributed by atoms with Crippen molar-refractivity contribution in [2.45, 2.75) is 45.8 Å². The van der Waals surface area contributed by atoms with E-state index < -0.39 is 6.04 Å². The molecule has 35 heavy (non-hydrogen) atoms. The number of carbonyl (C=O) groups is 2. The van der Waals surface area contributed by atoms with Crippen molar-refractivity contribution in [3.63, 3.8) is 0 Å². The smallest absolute Gasteiger partial charge is 0.261 e. The van der Waals surface area contributed by atoms with Gasteiger partial charge < -0.3 is 15.0 Å². The zero-order valence-corrected chi connectivity index (χ0v) is 22.5. The minimum atomic E-state index is -0.711. The van der Waals surface area contributed by atoms with Gasteiger partial charge in [-0.1, -0.05) is 87.7 Å². The van der Waals surface area contributed by atoms with Crippen LogP contribution in [0.3, 0.4) is 0 Å². The van der Waals surface area contributed by atoms with E-state index in [9.17, 15) is 9.59 Å². The number of carbonyl (C=O) groups excluding carboxylic acids is 2. The maximum atomic E-state index is 13.6. The fourth-order valence-electron chi connectivity index (χ4n) is 3.76. The Morgan fingerprint density at radius 1 is 1.00 bits per heavy atom. The van der Waals surface area contributed by atoms with Crippen LogP contribution in [-0.2, 0) is 22.6 Å². The Kier molecular flexibility index (Phi) is 9.75. The number of aryl methyl sites for hydroxylation is 1. The van der Waals surface area contributed by atoms with Crippen LogP contribution in [0.5, 0.6) is 5.75 Å². The molecule has 0 spiro atoms. The van der Waals surface area contributed by atoms with Gasteiger partial charge in [0.1, 0.15) is 11.8 Å². The molecule has 0 aromatic heterocycles. The van der Waals surface area contributed by atoms with E-state index in [1.54, 1.807) is 23.1 Å². The molecule has 0 bridgehead atoms. The summed E-state index contributed by atoms with van der Waals surface area (Å²) in [7, 11) is 0. The van der Waals surface area contributed by atoms with Crippen LogP contribution < -0.4 is 10.1 Å². The van der Waals surface area contributed by atoms with Gasteiger partial charge in [0.25, 0.3) is 5.91 Å². The highest BCUT2D eigenvalue weighted by molar-refractivity contribution is 9.10. The maximum absolute atomic E-state index is 13.6. The molecule has 3 aromatic rings. The molecule has 0 unspecified atom stereocenters. The predicted molar refractivity (Wildman–Crippen MR) is 144 cm³/mol. The maximum Gasteiger partial charge on any atom is 0.261 e. The van der Waals surface area contributed by atoms with E-state index in [1.807, 2.05) is 75.4 Å². The summed E-state index contributed by atoms with van der Waals surface area (Å²) in [5.41, 5.74) is 2.99. The Bertz CT molecular complexity index is 1150. The Balaban J connectivity index is 1.92. The number of nitrogens with one attached hydrogen (secondary N) is 1. The van der Waals surface area contributed by atoms with Gasteiger partial charge in [0.2, 0.25) is 5.91 Å². The summed E-state index contributed by atoms with van der Waals surface area (Å²) in [5.74, 6) is -0.0955. The van der Waals surface area contributed by atoms with Crippen LogP contribution in [0, 0.1) is 6.92 Å². The van der Waals surface area contributed by atoms with Crippen molar-refractivity contribution in [3.8, 4) is 5.75 Å². The highest BCUT2D eigenvalue weighted by Crippen LogP contribution is 2.28. The van der Waals surface area contributed by atoms with Crippen LogP contribution in [0.25, 0.3) is 0 Å². The molecule has 0 aliphatic rings. The third-order valence-corrected chi connectivity index (χ3v) is 6.17. The molecular weight excluding hydrogens is 528 g/mol. The Labute approximate surface area is 220 Å². The molecule has 2 amide bonds. The van der Waals surface area contributed by atoms with Gasteiger partial charge in [0, 0.05) is 23.5 Å². The molecule has 0 aliphatic heterocycles. The number of halogens is 2. The lowest BCUT2D eigenvalue weighted by Crippen LogP contribution is -2.52. The topological polar surface area (TPSA) is 58.6 Å². The van der Waals surface area contributed by atoms with E-state index in [4.69, 9.17) is 16.3 Å². The molecule has 3 aromatic carbocycles. The minimum absolute atomic E-state index is 0.0606. The third-order valence-electron chi connectivity index (χ3n) is 5.38. The Morgan fingerprint density at radius 3 is 2.37 bits per heavy atom. The van der Waals surface area contributed by atoms with Gasteiger partial charge in [0.15, 0.2) is 6.61 Å². The number of benzene rings is 3. The molecule has 0 radical (unpaired) electrons. The van der Waals surface area contributed by atoms with E-state index in [2.05, 4.69) is 21.2 Å². The summed E-state index contributed by atoms with van der Waals surface area (Å²) in [4.78, 5) is 28.5. The van der Waals surface area contributed by atoms with Crippen LogP contribution in [0.4, 0.5) is 0 Å². The number of hydrogen-bond acceptors (Lipinski definition) is 3. The van der Waals surface area contributed by atoms with E-state index in [-0.39, 0.29) is 31.0 Å². The summed E-state index contributed by atoms with van der Waals surface area (Å²) in [6, 6.07) is 22.1. The van der Waals surface area contributed by atoms with Gasteiger partial charge in [-0.25, -0.2) is 0 Å². The Morgan fingerprint density at radius 2 is 1.71 bits per heavy atom. The van der Waals surface area contributed by atoms with Gasteiger partial charge in [-0.15, -0.1) is 0 Å². The third kappa shape index (κ3) is 8.11. The van der Waals surface area contributed by atoms with Gasteiger partial charge in [-0.05, 0) is 50.1 Å². The molecule has 1 atom stereocenters. The van der Waals surface area contributed by atoms with E-state index in [0.29, 0.717) is 17.2 Å². The predicted octanol–water partition coefficient (Wildman–Crippen LogP) is 5.95. The lowest BCUT2D eigenvalue weighted by Gasteiger charge is -2.32. The standard InChI is InChI=1S/C28H30BrClN2O3/c1-19(2)31-28(34)25(15-21-9-5-4-6-10-21)32(17-22-11-7-8-20(3)14-22)27(33)18-35-26-13-12-23(29)16-24(26)30/h4-14,16,19,25H,15,17-18H2,1-3H3,(H,31,34)/t25-/m1/s1. The average Bonchev–Trinajstić information content (AvgIpc) is 2.81. The van der Waals surface area contributed by atoms with E-state index >= 15 is 0 Å². The van der Waals surface area contributed by atoms with Crippen LogP contribution in [0.1, 0.15) is 30.5 Å². The average molecular weight is 558 g/mol. The largest absolute Gasteiger partial charge is 0.482 e. The zero-order valence-electron chi connectivity index (χ0n) is 20.1. The monoisotopic (exact) mass is 556 g/mol. The SMILES string of the molecule is Cc1cccc(CN(C(=O)COc2ccc(Br)cc2Cl)[C@H](Cc2ccccc2)C(=O)NC(C)C)c1. The van der Waals surface area contributed by atoms with Crippen molar-refractivity contribution < 1.29 is 14.3 Å². The van der Waals surface area contributed by atoms with Crippen LogP contribution in [-0.4, -0.2) is 35.4 Å². The molecule has 3 rings (SSSR count). The molecule has 0 saturated heterocycles. The molecule has 184 valence electrons. The number of amides is 2. The fourth-order valence-corrected chi connectivity index (χ4v) is 4.48. The molecule has 7 heteroatoms. The second kappa shape index (κ2) is 12.8. The first-order chi connectivity index (χ1) is 16.7. The van der Waals surface area contributed by atoms with E-state index in [1.165, 1.54) is 0 Å². The molecule has 1 N–H and O–H groups in total. The first-order valence-corrected chi connectivity index (χ1v) is 12.7. The first kappa shape index (κ1) is 26.8. The lowest BCUT2D eigenvalue weighted by atomic mass is 10.0.